The van der Waals surface area contributed by atoms with Crippen LogP contribution in [0.25, 0.3) is 0 Å². The van der Waals surface area contributed by atoms with Gasteiger partial charge in [-0.15, -0.1) is 0 Å². The number of carboxylic acid groups (broad SMARTS) is 1. The third-order valence-electron chi connectivity index (χ3n) is 2.90. The van der Waals surface area contributed by atoms with Gasteiger partial charge in [0.15, 0.2) is 0 Å². The van der Waals surface area contributed by atoms with E-state index in [2.05, 4.69) is 0 Å². The molecule has 2 atom stereocenters. The molecule has 2 aliphatic rings. The second-order valence-electron chi connectivity index (χ2n) is 3.71. The smallest absolute Gasteiger partial charge is 0.311 e. The topological polar surface area (TPSA) is 46.5 Å². The molecule has 0 radical (unpaired) electrons. The van der Waals surface area contributed by atoms with Gasteiger partial charge in [0.25, 0.3) is 0 Å². The third-order valence-corrected chi connectivity index (χ3v) is 2.90. The standard InChI is InChI=1S/C8H12O3/c9-7(10)8-2-1-6(3-8)4-11-5-8/h6H,1-5H2,(H,9,10). The summed E-state index contributed by atoms with van der Waals surface area (Å²) in [6.07, 6.45) is 2.68. The van der Waals surface area contributed by atoms with Gasteiger partial charge >= 0.3 is 5.97 Å². The molecule has 1 saturated carbocycles. The summed E-state index contributed by atoms with van der Waals surface area (Å²) in [6.45, 7) is 1.20. The van der Waals surface area contributed by atoms with Crippen LogP contribution >= 0.6 is 0 Å². The minimum Gasteiger partial charge on any atom is -0.481 e. The van der Waals surface area contributed by atoms with Gasteiger partial charge in [-0.3, -0.25) is 4.79 Å². The van der Waals surface area contributed by atoms with Crippen LogP contribution in [0.1, 0.15) is 19.3 Å². The molecular formula is C8H12O3. The summed E-state index contributed by atoms with van der Waals surface area (Å²) >= 11 is 0. The van der Waals surface area contributed by atoms with Crippen molar-refractivity contribution in [2.24, 2.45) is 11.3 Å². The lowest BCUT2D eigenvalue weighted by atomic mass is 9.85. The number of aliphatic carboxylic acids is 1. The monoisotopic (exact) mass is 156 g/mol. The van der Waals surface area contributed by atoms with Crippen LogP contribution in [-0.2, 0) is 9.53 Å². The van der Waals surface area contributed by atoms with E-state index in [1.807, 2.05) is 0 Å². The van der Waals surface area contributed by atoms with E-state index in [1.165, 1.54) is 0 Å². The molecule has 0 amide bonds. The zero-order chi connectivity index (χ0) is 7.90. The Bertz CT molecular complexity index is 186. The predicted octanol–water partition coefficient (Wildman–Crippen LogP) is 0.888. The first-order chi connectivity index (χ1) is 5.23. The van der Waals surface area contributed by atoms with Crippen LogP contribution in [0, 0.1) is 11.3 Å². The molecule has 2 rings (SSSR count). The Labute approximate surface area is 65.4 Å². The molecule has 1 aliphatic carbocycles. The lowest BCUT2D eigenvalue weighted by molar-refractivity contribution is -0.155. The van der Waals surface area contributed by atoms with Crippen molar-refractivity contribution in [3.63, 3.8) is 0 Å². The fourth-order valence-electron chi connectivity index (χ4n) is 2.19. The minimum absolute atomic E-state index is 0.429. The van der Waals surface area contributed by atoms with Crippen molar-refractivity contribution in [2.75, 3.05) is 13.2 Å². The number of rotatable bonds is 1. The summed E-state index contributed by atoms with van der Waals surface area (Å²) < 4.78 is 5.24. The Morgan fingerprint density at radius 3 is 3.09 bits per heavy atom. The van der Waals surface area contributed by atoms with E-state index in [9.17, 15) is 4.79 Å². The number of fused-ring (bicyclic) bond motifs is 2. The molecule has 3 nitrogen and oxygen atoms in total. The molecular weight excluding hydrogens is 144 g/mol. The zero-order valence-electron chi connectivity index (χ0n) is 6.38. The van der Waals surface area contributed by atoms with Crippen molar-refractivity contribution in [1.29, 1.82) is 0 Å². The highest BCUT2D eigenvalue weighted by Crippen LogP contribution is 2.45. The Balaban J connectivity index is 2.19. The SMILES string of the molecule is O=C(O)C12CCC(COC1)C2. The van der Waals surface area contributed by atoms with Gasteiger partial charge in [-0.1, -0.05) is 0 Å². The highest BCUT2D eigenvalue weighted by molar-refractivity contribution is 5.75. The molecule has 1 aliphatic heterocycles. The molecule has 1 N–H and O–H groups in total. The van der Waals surface area contributed by atoms with Crippen molar-refractivity contribution < 1.29 is 14.6 Å². The van der Waals surface area contributed by atoms with Crippen LogP contribution < -0.4 is 0 Å². The van der Waals surface area contributed by atoms with Crippen molar-refractivity contribution in [2.45, 2.75) is 19.3 Å². The summed E-state index contributed by atoms with van der Waals surface area (Å²) in [5.74, 6) is -0.153. The Kier molecular flexibility index (Phi) is 1.42. The first kappa shape index (κ1) is 7.10. The number of hydrogen-bond donors (Lipinski definition) is 1. The van der Waals surface area contributed by atoms with Gasteiger partial charge in [-0.2, -0.15) is 0 Å². The molecule has 0 aromatic rings. The molecule has 62 valence electrons. The Hall–Kier alpha value is -0.570. The molecule has 2 unspecified atom stereocenters. The summed E-state index contributed by atoms with van der Waals surface area (Å²) in [4.78, 5) is 10.9. The molecule has 1 heterocycles. The fraction of sp³-hybridized carbons (Fsp3) is 0.875. The molecule has 2 bridgehead atoms. The molecule has 1 saturated heterocycles. The highest BCUT2D eigenvalue weighted by atomic mass is 16.5. The summed E-state index contributed by atoms with van der Waals surface area (Å²) in [6, 6.07) is 0. The Morgan fingerprint density at radius 1 is 1.64 bits per heavy atom. The van der Waals surface area contributed by atoms with E-state index in [0.29, 0.717) is 12.5 Å². The first-order valence-electron chi connectivity index (χ1n) is 4.04. The van der Waals surface area contributed by atoms with E-state index in [4.69, 9.17) is 9.84 Å². The molecule has 11 heavy (non-hydrogen) atoms. The Morgan fingerprint density at radius 2 is 2.45 bits per heavy atom. The number of carboxylic acids is 1. The van der Waals surface area contributed by atoms with Crippen LogP contribution in [0.3, 0.4) is 0 Å². The normalized spacial score (nSPS) is 42.4. The summed E-state index contributed by atoms with van der Waals surface area (Å²) in [5.41, 5.74) is -0.511. The van der Waals surface area contributed by atoms with Crippen LogP contribution in [0.15, 0.2) is 0 Å². The maximum absolute atomic E-state index is 10.9. The average Bonchev–Trinajstić information content (AvgIpc) is 2.29. The van der Waals surface area contributed by atoms with E-state index >= 15 is 0 Å². The summed E-state index contributed by atoms with van der Waals surface area (Å²) in [7, 11) is 0. The van der Waals surface area contributed by atoms with Crippen LogP contribution in [0.5, 0.6) is 0 Å². The van der Waals surface area contributed by atoms with Crippen LogP contribution in [-0.4, -0.2) is 24.3 Å². The van der Waals surface area contributed by atoms with Gasteiger partial charge in [-0.25, -0.2) is 0 Å². The van der Waals surface area contributed by atoms with Gasteiger partial charge < -0.3 is 9.84 Å². The summed E-state index contributed by atoms with van der Waals surface area (Å²) in [5, 5.41) is 8.94. The number of carbonyl (C=O) groups is 1. The van der Waals surface area contributed by atoms with Crippen molar-refractivity contribution in [1.82, 2.24) is 0 Å². The van der Waals surface area contributed by atoms with E-state index in [1.54, 1.807) is 0 Å². The van der Waals surface area contributed by atoms with Crippen molar-refractivity contribution in [3.8, 4) is 0 Å². The van der Waals surface area contributed by atoms with Crippen LogP contribution in [0.2, 0.25) is 0 Å². The van der Waals surface area contributed by atoms with Crippen molar-refractivity contribution in [3.05, 3.63) is 0 Å². The van der Waals surface area contributed by atoms with Crippen LogP contribution in [0.4, 0.5) is 0 Å². The van der Waals surface area contributed by atoms with Crippen molar-refractivity contribution >= 4 is 5.97 Å². The molecule has 0 spiro atoms. The van der Waals surface area contributed by atoms with E-state index in [0.717, 1.165) is 25.9 Å². The second-order valence-corrected chi connectivity index (χ2v) is 3.71. The second kappa shape index (κ2) is 2.21. The lowest BCUT2D eigenvalue weighted by Gasteiger charge is -2.28. The average molecular weight is 156 g/mol. The number of ether oxygens (including phenoxy) is 1. The van der Waals surface area contributed by atoms with Gasteiger partial charge in [0, 0.05) is 6.61 Å². The minimum atomic E-state index is -0.667. The lowest BCUT2D eigenvalue weighted by Crippen LogP contribution is -2.37. The molecule has 0 aromatic heterocycles. The molecule has 2 fully saturated rings. The number of hydrogen-bond acceptors (Lipinski definition) is 2. The van der Waals surface area contributed by atoms with E-state index in [-0.39, 0.29) is 0 Å². The molecule has 0 aromatic carbocycles. The zero-order valence-corrected chi connectivity index (χ0v) is 6.38. The van der Waals surface area contributed by atoms with Gasteiger partial charge in [0.1, 0.15) is 0 Å². The van der Waals surface area contributed by atoms with Gasteiger partial charge in [-0.05, 0) is 25.2 Å². The van der Waals surface area contributed by atoms with E-state index < -0.39 is 11.4 Å². The maximum atomic E-state index is 10.9. The predicted molar refractivity (Wildman–Crippen MR) is 38.2 cm³/mol. The van der Waals surface area contributed by atoms with Gasteiger partial charge in [0.2, 0.25) is 0 Å². The molecule has 3 heteroatoms. The maximum Gasteiger partial charge on any atom is 0.311 e. The fourth-order valence-corrected chi connectivity index (χ4v) is 2.19. The van der Waals surface area contributed by atoms with Gasteiger partial charge in [0.05, 0.1) is 12.0 Å². The first-order valence-corrected chi connectivity index (χ1v) is 4.04. The largest absolute Gasteiger partial charge is 0.481 e. The quantitative estimate of drug-likeness (QED) is 0.613. The highest BCUT2D eigenvalue weighted by Gasteiger charge is 2.48. The third kappa shape index (κ3) is 0.948.